The number of ether oxygens (including phenoxy) is 2. The van der Waals surface area contributed by atoms with E-state index < -0.39 is 45.0 Å². The maximum atomic E-state index is 13.9. The first-order valence-corrected chi connectivity index (χ1v) is 17.1. The fraction of sp³-hybridized carbons (Fsp3) is 0.419. The van der Waals surface area contributed by atoms with E-state index in [1.54, 1.807) is 0 Å². The first-order valence-electron chi connectivity index (χ1n) is 15.2. The standard InChI is InChI=1S/C31H34F3N9O6S/c1-30(2,45)17-49-29(44)43(25-16-36-24(15-37-25)19-11-39-28(48-3)40-12-19)21-7-5-20(6-8-21)41-27-38-14-23(31(32,33)34)26(42-27)18-9-22(13-35-10-18)50(4,46)47/h9-16,20-21,45H,5-8,17H2,1-4H3,(H,38,41,42)/t20-,21-. The van der Waals surface area contributed by atoms with E-state index in [1.807, 2.05) is 0 Å². The van der Waals surface area contributed by atoms with E-state index in [0.29, 0.717) is 43.1 Å². The van der Waals surface area contributed by atoms with E-state index in [-0.39, 0.29) is 40.9 Å². The molecule has 0 spiro atoms. The zero-order chi connectivity index (χ0) is 36.3. The second kappa shape index (κ2) is 14.4. The first kappa shape index (κ1) is 36.2. The number of methoxy groups -OCH3 is 1. The van der Waals surface area contributed by atoms with Crippen molar-refractivity contribution in [1.29, 1.82) is 0 Å². The number of rotatable bonds is 10. The van der Waals surface area contributed by atoms with Crippen molar-refractivity contribution in [2.75, 3.05) is 30.2 Å². The maximum Gasteiger partial charge on any atom is 0.419 e. The number of sulfone groups is 1. The third kappa shape index (κ3) is 8.94. The predicted octanol–water partition coefficient (Wildman–Crippen LogP) is 4.35. The van der Waals surface area contributed by atoms with Crippen LogP contribution < -0.4 is 15.0 Å². The van der Waals surface area contributed by atoms with Gasteiger partial charge in [-0.3, -0.25) is 14.9 Å². The molecule has 1 amide bonds. The number of nitrogens with one attached hydrogen (secondary N) is 1. The molecule has 266 valence electrons. The summed E-state index contributed by atoms with van der Waals surface area (Å²) < 4.78 is 76.3. The molecule has 50 heavy (non-hydrogen) atoms. The van der Waals surface area contributed by atoms with Crippen LogP contribution in [0.15, 0.2) is 54.3 Å². The monoisotopic (exact) mass is 717 g/mol. The van der Waals surface area contributed by atoms with Crippen molar-refractivity contribution in [1.82, 2.24) is 34.9 Å². The Morgan fingerprint density at radius 3 is 2.24 bits per heavy atom. The highest BCUT2D eigenvalue weighted by Gasteiger charge is 2.37. The van der Waals surface area contributed by atoms with E-state index in [4.69, 9.17) is 9.47 Å². The van der Waals surface area contributed by atoms with Crippen LogP contribution in [0.5, 0.6) is 6.01 Å². The van der Waals surface area contributed by atoms with Crippen molar-refractivity contribution in [2.45, 2.75) is 68.3 Å². The van der Waals surface area contributed by atoms with Gasteiger partial charge < -0.3 is 19.9 Å². The molecule has 0 bridgehead atoms. The van der Waals surface area contributed by atoms with Gasteiger partial charge >= 0.3 is 18.3 Å². The van der Waals surface area contributed by atoms with E-state index in [9.17, 15) is 31.5 Å². The maximum absolute atomic E-state index is 13.9. The Kier molecular flexibility index (Phi) is 10.5. The van der Waals surface area contributed by atoms with Gasteiger partial charge in [0.25, 0.3) is 0 Å². The Balaban J connectivity index is 1.34. The van der Waals surface area contributed by atoms with Crippen LogP contribution in [0.4, 0.5) is 29.7 Å². The molecule has 1 fully saturated rings. The SMILES string of the molecule is COc1ncc(-c2cnc(N(C(=O)OCC(C)(C)O)[C@H]3CC[C@H](Nc4ncc(C(F)(F)F)c(-c5cncc(S(C)(=O)=O)c5)n4)CC3)cn2)cn1. The van der Waals surface area contributed by atoms with Crippen LogP contribution in [-0.2, 0) is 20.8 Å². The molecule has 0 saturated heterocycles. The van der Waals surface area contributed by atoms with Gasteiger partial charge in [0.15, 0.2) is 15.7 Å². The van der Waals surface area contributed by atoms with Crippen LogP contribution in [0.2, 0.25) is 0 Å². The summed E-state index contributed by atoms with van der Waals surface area (Å²) in [7, 11) is -2.31. The number of pyridine rings is 1. The van der Waals surface area contributed by atoms with Crippen molar-refractivity contribution in [2.24, 2.45) is 0 Å². The molecule has 0 unspecified atom stereocenters. The molecule has 4 aromatic heterocycles. The number of carbonyl (C=O) groups excluding carboxylic acids is 1. The minimum absolute atomic E-state index is 0.0911. The van der Waals surface area contributed by atoms with E-state index >= 15 is 0 Å². The minimum Gasteiger partial charge on any atom is -0.467 e. The lowest BCUT2D eigenvalue weighted by atomic mass is 9.90. The van der Waals surface area contributed by atoms with Gasteiger partial charge in [-0.05, 0) is 45.6 Å². The Bertz CT molecular complexity index is 1920. The van der Waals surface area contributed by atoms with Gasteiger partial charge in [0.2, 0.25) is 5.95 Å². The van der Waals surface area contributed by atoms with E-state index in [1.165, 1.54) is 50.6 Å². The first-order chi connectivity index (χ1) is 23.5. The molecule has 0 atom stereocenters. The zero-order valence-electron chi connectivity index (χ0n) is 27.4. The van der Waals surface area contributed by atoms with Crippen molar-refractivity contribution >= 4 is 27.7 Å². The van der Waals surface area contributed by atoms with Gasteiger partial charge in [-0.15, -0.1) is 0 Å². The van der Waals surface area contributed by atoms with Crippen LogP contribution in [0.1, 0.15) is 45.1 Å². The Morgan fingerprint density at radius 1 is 0.960 bits per heavy atom. The molecule has 0 aromatic carbocycles. The highest BCUT2D eigenvalue weighted by Crippen LogP contribution is 2.37. The lowest BCUT2D eigenvalue weighted by molar-refractivity contribution is -0.137. The fourth-order valence-electron chi connectivity index (χ4n) is 5.18. The molecule has 4 heterocycles. The Hall–Kier alpha value is -5.04. The fourth-order valence-corrected chi connectivity index (χ4v) is 5.77. The molecule has 2 N–H and O–H groups in total. The zero-order valence-corrected chi connectivity index (χ0v) is 28.2. The van der Waals surface area contributed by atoms with Crippen LogP contribution in [0, 0.1) is 0 Å². The van der Waals surface area contributed by atoms with Crippen LogP contribution in [0.3, 0.4) is 0 Å². The number of hydrogen-bond donors (Lipinski definition) is 2. The summed E-state index contributed by atoms with van der Waals surface area (Å²) in [4.78, 5) is 43.3. The molecule has 0 radical (unpaired) electrons. The summed E-state index contributed by atoms with van der Waals surface area (Å²) in [5, 5.41) is 13.2. The number of aliphatic hydroxyl groups is 1. The number of amides is 1. The van der Waals surface area contributed by atoms with Crippen molar-refractivity contribution < 1.29 is 41.0 Å². The molecule has 1 saturated carbocycles. The summed E-state index contributed by atoms with van der Waals surface area (Å²) in [5.41, 5.74) is -2.07. The molecule has 19 heteroatoms. The van der Waals surface area contributed by atoms with Gasteiger partial charge in [0, 0.05) is 60.5 Å². The number of aromatic nitrogens is 7. The van der Waals surface area contributed by atoms with Gasteiger partial charge in [-0.25, -0.2) is 38.1 Å². The highest BCUT2D eigenvalue weighted by molar-refractivity contribution is 7.90. The lowest BCUT2D eigenvalue weighted by Gasteiger charge is -2.36. The summed E-state index contributed by atoms with van der Waals surface area (Å²) in [6, 6.07) is 0.585. The number of halogens is 3. The van der Waals surface area contributed by atoms with E-state index in [0.717, 1.165) is 24.7 Å². The van der Waals surface area contributed by atoms with Crippen LogP contribution in [0.25, 0.3) is 22.5 Å². The van der Waals surface area contributed by atoms with Gasteiger partial charge in [0.1, 0.15) is 12.2 Å². The smallest absolute Gasteiger partial charge is 0.419 e. The third-order valence-electron chi connectivity index (χ3n) is 7.64. The Labute approximate surface area is 285 Å². The summed E-state index contributed by atoms with van der Waals surface area (Å²) >= 11 is 0. The summed E-state index contributed by atoms with van der Waals surface area (Å²) in [6.07, 6.45) is 5.86. The molecular formula is C31H34F3N9O6S. The molecular weight excluding hydrogens is 683 g/mol. The van der Waals surface area contributed by atoms with Gasteiger partial charge in [0.05, 0.1) is 41.4 Å². The second-order valence-electron chi connectivity index (χ2n) is 12.2. The molecule has 0 aliphatic heterocycles. The number of hydrogen-bond acceptors (Lipinski definition) is 14. The average Bonchev–Trinajstić information content (AvgIpc) is 3.07. The average molecular weight is 718 g/mol. The van der Waals surface area contributed by atoms with Crippen LogP contribution >= 0.6 is 0 Å². The topological polar surface area (TPSA) is 195 Å². The van der Waals surface area contributed by atoms with Crippen LogP contribution in [-0.4, -0.2) is 92.2 Å². The number of nitrogens with zero attached hydrogens (tertiary/aromatic N) is 8. The Morgan fingerprint density at radius 2 is 1.66 bits per heavy atom. The van der Waals surface area contributed by atoms with Gasteiger partial charge in [-0.2, -0.15) is 13.2 Å². The highest BCUT2D eigenvalue weighted by atomic mass is 32.2. The second-order valence-corrected chi connectivity index (χ2v) is 14.3. The summed E-state index contributed by atoms with van der Waals surface area (Å²) in [5.74, 6) is 0.118. The minimum atomic E-state index is -4.82. The van der Waals surface area contributed by atoms with E-state index in [2.05, 4.69) is 40.2 Å². The number of carbonyl (C=O) groups is 1. The molecule has 1 aliphatic rings. The largest absolute Gasteiger partial charge is 0.467 e. The predicted molar refractivity (Wildman–Crippen MR) is 173 cm³/mol. The van der Waals surface area contributed by atoms with Crippen molar-refractivity contribution in [3.05, 3.63) is 55.0 Å². The molecule has 15 nitrogen and oxygen atoms in total. The molecule has 4 aromatic rings. The van der Waals surface area contributed by atoms with Crippen molar-refractivity contribution in [3.63, 3.8) is 0 Å². The molecule has 5 rings (SSSR count). The number of anilines is 2. The quantitative estimate of drug-likeness (QED) is 0.235. The summed E-state index contributed by atoms with van der Waals surface area (Å²) in [6.45, 7) is 2.73. The van der Waals surface area contributed by atoms with Gasteiger partial charge in [-0.1, -0.05) is 0 Å². The van der Waals surface area contributed by atoms with Crippen molar-refractivity contribution in [3.8, 4) is 28.5 Å². The number of alkyl halides is 3. The normalized spacial score (nSPS) is 16.8. The third-order valence-corrected chi connectivity index (χ3v) is 8.72. The lowest BCUT2D eigenvalue weighted by Crippen LogP contribution is -2.46. The molecule has 1 aliphatic carbocycles.